The number of ether oxygens (including phenoxy) is 1. The van der Waals surface area contributed by atoms with Gasteiger partial charge in [-0.1, -0.05) is 25.5 Å². The van der Waals surface area contributed by atoms with Gasteiger partial charge in [-0.2, -0.15) is 0 Å². The predicted molar refractivity (Wildman–Crippen MR) is 72.2 cm³/mol. The van der Waals surface area contributed by atoms with Gasteiger partial charge in [0.05, 0.1) is 0 Å². The highest BCUT2D eigenvalue weighted by Gasteiger charge is 2.28. The van der Waals surface area contributed by atoms with Gasteiger partial charge >= 0.3 is 0 Å². The molecule has 0 unspecified atom stereocenters. The molecule has 0 amide bonds. The van der Waals surface area contributed by atoms with E-state index in [2.05, 4.69) is 24.0 Å². The Kier molecular flexibility index (Phi) is 5.05. The van der Waals surface area contributed by atoms with Gasteiger partial charge in [-0.15, -0.1) is 0 Å². The lowest BCUT2D eigenvalue weighted by Gasteiger charge is -2.34. The zero-order chi connectivity index (χ0) is 12.0. The molecule has 2 rings (SSSR count). The zero-order valence-corrected chi connectivity index (χ0v) is 11.3. The molecule has 98 valence electrons. The van der Waals surface area contributed by atoms with E-state index in [1.165, 1.54) is 51.6 Å². The maximum atomic E-state index is 5.51. The van der Waals surface area contributed by atoms with Crippen LogP contribution in [0.3, 0.4) is 0 Å². The highest BCUT2D eigenvalue weighted by atomic mass is 16.5. The molecule has 0 saturated carbocycles. The fourth-order valence-electron chi connectivity index (χ4n) is 3.19. The summed E-state index contributed by atoms with van der Waals surface area (Å²) in [6, 6.07) is 0. The molecule has 0 aliphatic carbocycles. The minimum Gasteiger partial charge on any atom is -0.381 e. The Morgan fingerprint density at radius 2 is 1.88 bits per heavy atom. The molecule has 2 nitrogen and oxygen atoms in total. The van der Waals surface area contributed by atoms with Crippen LogP contribution in [0.2, 0.25) is 0 Å². The topological polar surface area (TPSA) is 12.5 Å². The second-order valence-corrected chi connectivity index (χ2v) is 5.63. The fourth-order valence-corrected chi connectivity index (χ4v) is 3.19. The minimum absolute atomic E-state index is 0.451. The van der Waals surface area contributed by atoms with E-state index >= 15 is 0 Å². The van der Waals surface area contributed by atoms with Gasteiger partial charge in [0.1, 0.15) is 0 Å². The molecule has 0 aromatic rings. The largest absolute Gasteiger partial charge is 0.381 e. The first-order valence-electron chi connectivity index (χ1n) is 7.32. The molecule has 2 aliphatic rings. The average molecular weight is 237 g/mol. The third-order valence-electron chi connectivity index (χ3n) is 4.27. The summed E-state index contributed by atoms with van der Waals surface area (Å²) in [5, 5.41) is 0. The second-order valence-electron chi connectivity index (χ2n) is 5.63. The summed E-state index contributed by atoms with van der Waals surface area (Å²) < 4.78 is 5.51. The number of likely N-dealkylation sites (tertiary alicyclic amines) is 1. The lowest BCUT2D eigenvalue weighted by Crippen LogP contribution is -2.28. The van der Waals surface area contributed by atoms with Gasteiger partial charge in [0.2, 0.25) is 0 Å². The summed E-state index contributed by atoms with van der Waals surface area (Å²) in [5.74, 6) is 0. The summed E-state index contributed by atoms with van der Waals surface area (Å²) >= 11 is 0. The van der Waals surface area contributed by atoms with Gasteiger partial charge in [-0.25, -0.2) is 0 Å². The molecule has 2 heterocycles. The van der Waals surface area contributed by atoms with Crippen LogP contribution in [0.25, 0.3) is 0 Å². The maximum Gasteiger partial charge on any atom is 0.0474 e. The molecule has 2 heteroatoms. The summed E-state index contributed by atoms with van der Waals surface area (Å²) in [6.45, 7) is 7.96. The van der Waals surface area contributed by atoms with Gasteiger partial charge in [-0.3, -0.25) is 4.90 Å². The Morgan fingerprint density at radius 1 is 1.18 bits per heavy atom. The highest BCUT2D eigenvalue weighted by molar-refractivity contribution is 5.02. The number of allylic oxidation sites excluding steroid dienone is 1. The van der Waals surface area contributed by atoms with Crippen molar-refractivity contribution in [2.75, 3.05) is 32.8 Å². The molecule has 0 radical (unpaired) electrons. The molecular formula is C15H27NO. The monoisotopic (exact) mass is 237 g/mol. The Balaban J connectivity index is 1.84. The van der Waals surface area contributed by atoms with E-state index in [4.69, 9.17) is 4.74 Å². The van der Waals surface area contributed by atoms with Crippen molar-refractivity contribution in [3.05, 3.63) is 12.2 Å². The van der Waals surface area contributed by atoms with Crippen LogP contribution in [0.15, 0.2) is 12.2 Å². The third kappa shape index (κ3) is 3.82. The Bertz CT molecular complexity index is 232. The van der Waals surface area contributed by atoms with Crippen LogP contribution in [-0.2, 0) is 4.74 Å². The molecule has 0 bridgehead atoms. The van der Waals surface area contributed by atoms with Crippen molar-refractivity contribution in [1.82, 2.24) is 4.90 Å². The summed E-state index contributed by atoms with van der Waals surface area (Å²) in [5.41, 5.74) is 0.451. The summed E-state index contributed by atoms with van der Waals surface area (Å²) in [6.07, 6.45) is 12.8. The van der Waals surface area contributed by atoms with E-state index in [1.807, 2.05) is 0 Å². The normalized spacial score (nSPS) is 25.7. The van der Waals surface area contributed by atoms with Crippen LogP contribution in [0.1, 0.15) is 45.4 Å². The summed E-state index contributed by atoms with van der Waals surface area (Å²) in [4.78, 5) is 2.56. The van der Waals surface area contributed by atoms with Crippen LogP contribution in [-0.4, -0.2) is 37.7 Å². The van der Waals surface area contributed by atoms with E-state index in [0.29, 0.717) is 5.41 Å². The molecule has 0 spiro atoms. The maximum absolute atomic E-state index is 5.51. The minimum atomic E-state index is 0.451. The van der Waals surface area contributed by atoms with Gasteiger partial charge in [0, 0.05) is 19.8 Å². The third-order valence-corrected chi connectivity index (χ3v) is 4.27. The number of rotatable bonds is 5. The van der Waals surface area contributed by atoms with Crippen LogP contribution < -0.4 is 0 Å². The van der Waals surface area contributed by atoms with Crippen LogP contribution >= 0.6 is 0 Å². The first-order chi connectivity index (χ1) is 8.35. The molecule has 0 aromatic carbocycles. The lowest BCUT2D eigenvalue weighted by atomic mass is 9.76. The molecule has 2 fully saturated rings. The van der Waals surface area contributed by atoms with Crippen molar-refractivity contribution < 1.29 is 4.74 Å². The van der Waals surface area contributed by atoms with E-state index in [0.717, 1.165) is 19.8 Å². The number of hydrogen-bond donors (Lipinski definition) is 0. The van der Waals surface area contributed by atoms with Crippen LogP contribution in [0.5, 0.6) is 0 Å². The standard InChI is InChI=1S/C15H27NO/c1-2-6-15(8-13-17-14-9-15)7-5-12-16-10-3-4-11-16/h5,7H,2-4,6,8-14H2,1H3/b7-5+. The predicted octanol–water partition coefficient (Wildman–Crippen LogP) is 3.24. The Morgan fingerprint density at radius 3 is 2.53 bits per heavy atom. The molecular weight excluding hydrogens is 210 g/mol. The van der Waals surface area contributed by atoms with E-state index in [-0.39, 0.29) is 0 Å². The summed E-state index contributed by atoms with van der Waals surface area (Å²) in [7, 11) is 0. The van der Waals surface area contributed by atoms with Gasteiger partial charge in [0.25, 0.3) is 0 Å². The first-order valence-corrected chi connectivity index (χ1v) is 7.32. The van der Waals surface area contributed by atoms with Crippen molar-refractivity contribution in [3.8, 4) is 0 Å². The fraction of sp³-hybridized carbons (Fsp3) is 0.867. The molecule has 2 aliphatic heterocycles. The molecule has 0 atom stereocenters. The first kappa shape index (κ1) is 13.1. The van der Waals surface area contributed by atoms with Gasteiger partial charge in [0.15, 0.2) is 0 Å². The lowest BCUT2D eigenvalue weighted by molar-refractivity contribution is 0.0331. The van der Waals surface area contributed by atoms with Crippen LogP contribution in [0.4, 0.5) is 0 Å². The average Bonchev–Trinajstić information content (AvgIpc) is 2.84. The quantitative estimate of drug-likeness (QED) is 0.681. The van der Waals surface area contributed by atoms with Crippen molar-refractivity contribution in [2.45, 2.75) is 45.4 Å². The van der Waals surface area contributed by atoms with Crippen molar-refractivity contribution in [2.24, 2.45) is 5.41 Å². The Hall–Kier alpha value is -0.340. The molecule has 0 N–H and O–H groups in total. The van der Waals surface area contributed by atoms with Crippen molar-refractivity contribution in [1.29, 1.82) is 0 Å². The number of hydrogen-bond acceptors (Lipinski definition) is 2. The van der Waals surface area contributed by atoms with E-state index in [1.54, 1.807) is 0 Å². The molecule has 2 saturated heterocycles. The van der Waals surface area contributed by atoms with Crippen LogP contribution in [0, 0.1) is 5.41 Å². The molecule has 0 aromatic heterocycles. The Labute approximate surface area is 106 Å². The highest BCUT2D eigenvalue weighted by Crippen LogP contribution is 2.36. The zero-order valence-electron chi connectivity index (χ0n) is 11.3. The van der Waals surface area contributed by atoms with E-state index in [9.17, 15) is 0 Å². The van der Waals surface area contributed by atoms with Crippen molar-refractivity contribution >= 4 is 0 Å². The second kappa shape index (κ2) is 6.55. The van der Waals surface area contributed by atoms with E-state index < -0.39 is 0 Å². The van der Waals surface area contributed by atoms with Crippen molar-refractivity contribution in [3.63, 3.8) is 0 Å². The number of nitrogens with zero attached hydrogens (tertiary/aromatic N) is 1. The molecule has 17 heavy (non-hydrogen) atoms. The SMILES string of the molecule is CCCC1(/C=C/CN2CCCC2)CCOCC1. The van der Waals surface area contributed by atoms with Gasteiger partial charge < -0.3 is 4.74 Å². The smallest absolute Gasteiger partial charge is 0.0474 e. The van der Waals surface area contributed by atoms with Gasteiger partial charge in [-0.05, 0) is 50.6 Å².